The first-order valence-electron chi connectivity index (χ1n) is 12.0. The summed E-state index contributed by atoms with van der Waals surface area (Å²) in [7, 11) is 2.20. The van der Waals surface area contributed by atoms with Crippen molar-refractivity contribution < 1.29 is 4.79 Å². The number of aromatic nitrogens is 2. The summed E-state index contributed by atoms with van der Waals surface area (Å²) < 4.78 is 0. The molecule has 1 aromatic rings. The summed E-state index contributed by atoms with van der Waals surface area (Å²) in [5.41, 5.74) is 1.18. The third kappa shape index (κ3) is 4.54. The van der Waals surface area contributed by atoms with Crippen LogP contribution in [0.3, 0.4) is 0 Å². The van der Waals surface area contributed by atoms with Crippen LogP contribution in [0.4, 0.5) is 5.95 Å². The van der Waals surface area contributed by atoms with Gasteiger partial charge in [0.15, 0.2) is 0 Å². The number of nitrogens with zero attached hydrogens (tertiary/aromatic N) is 5. The molecule has 0 N–H and O–H groups in total. The Hall–Kier alpha value is -1.53. The minimum absolute atomic E-state index is 0.167. The highest BCUT2D eigenvalue weighted by Crippen LogP contribution is 2.33. The van der Waals surface area contributed by atoms with Crippen molar-refractivity contribution in [3.05, 3.63) is 18.0 Å². The molecule has 0 amide bonds. The number of hydrogen-bond acceptors (Lipinski definition) is 6. The number of likely N-dealkylation sites (tertiary alicyclic amines) is 1. The van der Waals surface area contributed by atoms with Crippen molar-refractivity contribution in [1.82, 2.24) is 19.8 Å². The molecule has 2 atom stereocenters. The van der Waals surface area contributed by atoms with E-state index in [-0.39, 0.29) is 11.8 Å². The molecule has 2 bridgehead atoms. The molecule has 3 fully saturated rings. The van der Waals surface area contributed by atoms with Crippen LogP contribution >= 0.6 is 0 Å². The Morgan fingerprint density at radius 2 is 1.67 bits per heavy atom. The maximum absolute atomic E-state index is 12.3. The summed E-state index contributed by atoms with van der Waals surface area (Å²) in [6.45, 7) is 10.6. The topological polar surface area (TPSA) is 52.6 Å². The third-order valence-electron chi connectivity index (χ3n) is 7.65. The van der Waals surface area contributed by atoms with Gasteiger partial charge in [-0.3, -0.25) is 14.6 Å². The zero-order chi connectivity index (χ0) is 21.3. The van der Waals surface area contributed by atoms with Gasteiger partial charge in [0.25, 0.3) is 0 Å². The quantitative estimate of drug-likeness (QED) is 0.683. The molecule has 1 aliphatic carbocycles. The van der Waals surface area contributed by atoms with Gasteiger partial charge in [-0.15, -0.1) is 0 Å². The standard InChI is InChI=1S/C24H39N5O/c1-5-28-15-21-10-11-22(16-28)29(21)24-25-12-18(13-26-24)14-27(4)20-8-6-19(7-9-20)23(30)17(2)3/h12-13,17,19-22H,5-11,14-16H2,1-4H3. The van der Waals surface area contributed by atoms with Crippen molar-refractivity contribution in [2.45, 2.75) is 84.0 Å². The summed E-state index contributed by atoms with van der Waals surface area (Å²) >= 11 is 0. The lowest BCUT2D eigenvalue weighted by Crippen LogP contribution is -2.54. The molecule has 0 spiro atoms. The van der Waals surface area contributed by atoms with E-state index in [1.54, 1.807) is 0 Å². The second-order valence-corrected chi connectivity index (χ2v) is 10.0. The van der Waals surface area contributed by atoms with E-state index in [1.165, 1.54) is 18.4 Å². The van der Waals surface area contributed by atoms with E-state index in [0.717, 1.165) is 57.8 Å². The van der Waals surface area contributed by atoms with Gasteiger partial charge in [-0.05, 0) is 52.1 Å². The van der Waals surface area contributed by atoms with E-state index in [0.29, 0.717) is 23.9 Å². The van der Waals surface area contributed by atoms with Gasteiger partial charge in [0, 0.05) is 67.6 Å². The largest absolute Gasteiger partial charge is 0.332 e. The van der Waals surface area contributed by atoms with E-state index in [1.807, 2.05) is 26.2 Å². The SMILES string of the molecule is CCN1CC2CCC(C1)N2c1ncc(CN(C)C2CCC(C(=O)C(C)C)CC2)cn1. The molecule has 1 saturated carbocycles. The van der Waals surface area contributed by atoms with Gasteiger partial charge in [-0.25, -0.2) is 9.97 Å². The number of fused-ring (bicyclic) bond motifs is 2. The molecular formula is C24H39N5O. The van der Waals surface area contributed by atoms with E-state index >= 15 is 0 Å². The van der Waals surface area contributed by atoms with Crippen LogP contribution in [0.15, 0.2) is 12.4 Å². The molecule has 6 nitrogen and oxygen atoms in total. The van der Waals surface area contributed by atoms with Crippen LogP contribution in [0, 0.1) is 11.8 Å². The molecule has 1 aromatic heterocycles. The van der Waals surface area contributed by atoms with Crippen LogP contribution in [-0.2, 0) is 11.3 Å². The highest BCUT2D eigenvalue weighted by atomic mass is 16.1. The minimum Gasteiger partial charge on any atom is -0.332 e. The Morgan fingerprint density at radius 1 is 1.07 bits per heavy atom. The molecule has 0 aromatic carbocycles. The maximum atomic E-state index is 12.3. The summed E-state index contributed by atoms with van der Waals surface area (Å²) in [6.07, 6.45) is 10.9. The number of rotatable bonds is 7. The third-order valence-corrected chi connectivity index (χ3v) is 7.65. The summed E-state index contributed by atoms with van der Waals surface area (Å²) in [6, 6.07) is 1.70. The molecule has 0 radical (unpaired) electrons. The van der Waals surface area contributed by atoms with Crippen LogP contribution in [-0.4, -0.2) is 70.4 Å². The van der Waals surface area contributed by atoms with Crippen LogP contribution < -0.4 is 4.90 Å². The van der Waals surface area contributed by atoms with Crippen LogP contribution in [0.5, 0.6) is 0 Å². The van der Waals surface area contributed by atoms with Gasteiger partial charge in [0.2, 0.25) is 5.95 Å². The summed E-state index contributed by atoms with van der Waals surface area (Å²) in [4.78, 5) is 29.3. The number of hydrogen-bond donors (Lipinski definition) is 0. The van der Waals surface area contributed by atoms with Crippen molar-refractivity contribution >= 4 is 11.7 Å². The van der Waals surface area contributed by atoms with E-state index < -0.39 is 0 Å². The van der Waals surface area contributed by atoms with Crippen molar-refractivity contribution in [2.75, 3.05) is 31.6 Å². The summed E-state index contributed by atoms with van der Waals surface area (Å²) in [5, 5.41) is 0. The molecule has 3 heterocycles. The van der Waals surface area contributed by atoms with Gasteiger partial charge in [0.05, 0.1) is 0 Å². The molecule has 2 saturated heterocycles. The predicted octanol–water partition coefficient (Wildman–Crippen LogP) is 3.37. The molecule has 30 heavy (non-hydrogen) atoms. The first-order valence-corrected chi connectivity index (χ1v) is 12.0. The predicted molar refractivity (Wildman–Crippen MR) is 120 cm³/mol. The average molecular weight is 414 g/mol. The second-order valence-electron chi connectivity index (χ2n) is 10.0. The Morgan fingerprint density at radius 3 is 2.20 bits per heavy atom. The first kappa shape index (κ1) is 21.7. The molecule has 166 valence electrons. The maximum Gasteiger partial charge on any atom is 0.225 e. The van der Waals surface area contributed by atoms with Crippen molar-refractivity contribution in [3.63, 3.8) is 0 Å². The lowest BCUT2D eigenvalue weighted by molar-refractivity contribution is -0.127. The van der Waals surface area contributed by atoms with Gasteiger partial charge >= 0.3 is 0 Å². The fourth-order valence-corrected chi connectivity index (χ4v) is 5.83. The minimum atomic E-state index is 0.167. The number of likely N-dealkylation sites (N-methyl/N-ethyl adjacent to an activating group) is 1. The van der Waals surface area contributed by atoms with Gasteiger partial charge < -0.3 is 4.90 Å². The normalized spacial score (nSPS) is 29.7. The summed E-state index contributed by atoms with van der Waals surface area (Å²) in [5.74, 6) is 1.81. The van der Waals surface area contributed by atoms with Crippen LogP contribution in [0.25, 0.3) is 0 Å². The van der Waals surface area contributed by atoms with E-state index in [9.17, 15) is 4.79 Å². The molecule has 2 aliphatic heterocycles. The lowest BCUT2D eigenvalue weighted by atomic mass is 9.80. The number of ketones is 1. The van der Waals surface area contributed by atoms with Gasteiger partial charge in [-0.1, -0.05) is 20.8 Å². The number of piperazine rings is 1. The molecule has 4 rings (SSSR count). The fraction of sp³-hybridized carbons (Fsp3) is 0.792. The zero-order valence-electron chi connectivity index (χ0n) is 19.3. The van der Waals surface area contributed by atoms with Gasteiger partial charge in [0.1, 0.15) is 5.78 Å². The highest BCUT2D eigenvalue weighted by molar-refractivity contribution is 5.82. The number of Topliss-reactive ketones (excluding diaryl/α,β-unsaturated/α-hetero) is 1. The van der Waals surface area contributed by atoms with Gasteiger partial charge in [-0.2, -0.15) is 0 Å². The number of carbonyl (C=O) groups is 1. The van der Waals surface area contributed by atoms with Crippen molar-refractivity contribution in [3.8, 4) is 0 Å². The molecule has 3 aliphatic rings. The van der Waals surface area contributed by atoms with Crippen molar-refractivity contribution in [2.24, 2.45) is 11.8 Å². The number of carbonyl (C=O) groups excluding carboxylic acids is 1. The zero-order valence-corrected chi connectivity index (χ0v) is 19.3. The van der Waals surface area contributed by atoms with E-state index in [2.05, 4.69) is 28.7 Å². The monoisotopic (exact) mass is 413 g/mol. The molecular weight excluding hydrogens is 374 g/mol. The Kier molecular flexibility index (Phi) is 6.73. The smallest absolute Gasteiger partial charge is 0.225 e. The van der Waals surface area contributed by atoms with Crippen LogP contribution in [0.2, 0.25) is 0 Å². The first-order chi connectivity index (χ1) is 14.5. The van der Waals surface area contributed by atoms with Crippen molar-refractivity contribution in [1.29, 1.82) is 0 Å². The number of anilines is 1. The van der Waals surface area contributed by atoms with E-state index in [4.69, 9.17) is 9.97 Å². The average Bonchev–Trinajstić information content (AvgIpc) is 3.03. The highest BCUT2D eigenvalue weighted by Gasteiger charge is 2.40. The molecule has 6 heteroatoms. The Balaban J connectivity index is 1.31. The lowest BCUT2D eigenvalue weighted by Gasteiger charge is -2.40. The van der Waals surface area contributed by atoms with Crippen LogP contribution in [0.1, 0.15) is 64.9 Å². The molecule has 2 unspecified atom stereocenters. The Labute approximate surface area is 182 Å². The Bertz CT molecular complexity index is 699. The second kappa shape index (κ2) is 9.31. The fourth-order valence-electron chi connectivity index (χ4n) is 5.83.